The van der Waals surface area contributed by atoms with Gasteiger partial charge in [-0.15, -0.1) is 10.2 Å². The molecule has 28 heavy (non-hydrogen) atoms. The Bertz CT molecular complexity index is 996. The van der Waals surface area contributed by atoms with Crippen LogP contribution in [0.2, 0.25) is 0 Å². The fourth-order valence-electron chi connectivity index (χ4n) is 2.57. The number of rotatable bonds is 7. The van der Waals surface area contributed by atoms with E-state index in [2.05, 4.69) is 26.9 Å². The van der Waals surface area contributed by atoms with Gasteiger partial charge < -0.3 is 15.4 Å². The Morgan fingerprint density at radius 2 is 1.96 bits per heavy atom. The second kappa shape index (κ2) is 9.14. The zero-order chi connectivity index (χ0) is 19.8. The van der Waals surface area contributed by atoms with E-state index in [-0.39, 0.29) is 11.6 Å². The topological polar surface area (TPSA) is 99.9 Å². The first-order valence-corrected chi connectivity index (χ1v) is 8.70. The van der Waals surface area contributed by atoms with Crippen LogP contribution in [0.3, 0.4) is 0 Å². The molecule has 2 aromatic carbocycles. The minimum atomic E-state index is -0.284. The lowest BCUT2D eigenvalue weighted by molar-refractivity contribution is 0.0948. The summed E-state index contributed by atoms with van der Waals surface area (Å²) in [5, 5.41) is 22.8. The highest BCUT2D eigenvalue weighted by Crippen LogP contribution is 2.15. The average Bonchev–Trinajstić information content (AvgIpc) is 2.74. The van der Waals surface area contributed by atoms with Crippen LogP contribution >= 0.6 is 0 Å². The second-order valence-corrected chi connectivity index (χ2v) is 5.98. The molecule has 0 bridgehead atoms. The van der Waals surface area contributed by atoms with Crippen molar-refractivity contribution in [1.82, 2.24) is 15.5 Å². The van der Waals surface area contributed by atoms with Gasteiger partial charge in [-0.25, -0.2) is 0 Å². The van der Waals surface area contributed by atoms with Crippen molar-refractivity contribution in [3.05, 3.63) is 77.5 Å². The molecule has 140 valence electrons. The molecule has 0 saturated heterocycles. The fraction of sp³-hybridized carbons (Fsp3) is 0.143. The van der Waals surface area contributed by atoms with Crippen LogP contribution in [-0.4, -0.2) is 29.8 Å². The predicted octanol–water partition coefficient (Wildman–Crippen LogP) is 3.07. The summed E-state index contributed by atoms with van der Waals surface area (Å²) in [6.07, 6.45) is 0.686. The summed E-state index contributed by atoms with van der Waals surface area (Å²) in [7, 11) is 1.62. The van der Waals surface area contributed by atoms with Crippen LogP contribution in [0.25, 0.3) is 0 Å². The van der Waals surface area contributed by atoms with Gasteiger partial charge in [0.05, 0.1) is 18.7 Å². The van der Waals surface area contributed by atoms with E-state index in [1.54, 1.807) is 37.4 Å². The third-order valence-electron chi connectivity index (χ3n) is 3.99. The van der Waals surface area contributed by atoms with E-state index >= 15 is 0 Å². The molecule has 7 nitrogen and oxygen atoms in total. The molecular formula is C21H19N5O2. The molecule has 0 fully saturated rings. The number of hydrogen-bond donors (Lipinski definition) is 2. The van der Waals surface area contributed by atoms with E-state index in [1.807, 2.05) is 30.3 Å². The molecule has 0 spiro atoms. The van der Waals surface area contributed by atoms with E-state index < -0.39 is 0 Å². The van der Waals surface area contributed by atoms with Crippen molar-refractivity contribution >= 4 is 17.4 Å². The fourth-order valence-corrected chi connectivity index (χ4v) is 2.57. The van der Waals surface area contributed by atoms with Crippen LogP contribution in [0.5, 0.6) is 5.75 Å². The third kappa shape index (κ3) is 5.05. The number of nitrogens with one attached hydrogen (secondary N) is 2. The van der Waals surface area contributed by atoms with E-state index in [4.69, 9.17) is 10.00 Å². The number of methoxy groups -OCH3 is 1. The van der Waals surface area contributed by atoms with E-state index in [9.17, 15) is 4.79 Å². The van der Waals surface area contributed by atoms with E-state index in [0.717, 1.165) is 17.0 Å². The predicted molar refractivity (Wildman–Crippen MR) is 106 cm³/mol. The van der Waals surface area contributed by atoms with E-state index in [1.165, 1.54) is 0 Å². The van der Waals surface area contributed by atoms with Crippen molar-refractivity contribution < 1.29 is 9.53 Å². The van der Waals surface area contributed by atoms with Crippen molar-refractivity contribution in [3.8, 4) is 11.8 Å². The van der Waals surface area contributed by atoms with Gasteiger partial charge in [0, 0.05) is 12.2 Å². The van der Waals surface area contributed by atoms with Gasteiger partial charge in [0.2, 0.25) is 0 Å². The first-order valence-electron chi connectivity index (χ1n) is 8.70. The number of nitrogens with zero attached hydrogens (tertiary/aromatic N) is 3. The molecular weight excluding hydrogens is 354 g/mol. The van der Waals surface area contributed by atoms with Crippen LogP contribution in [0.4, 0.5) is 11.5 Å². The number of aromatic nitrogens is 2. The Kier molecular flexibility index (Phi) is 6.16. The lowest BCUT2D eigenvalue weighted by Gasteiger charge is -2.07. The highest BCUT2D eigenvalue weighted by molar-refractivity contribution is 5.92. The molecule has 0 atom stereocenters. The molecule has 3 aromatic rings. The van der Waals surface area contributed by atoms with Crippen molar-refractivity contribution in [2.75, 3.05) is 19.0 Å². The monoisotopic (exact) mass is 373 g/mol. The molecule has 0 radical (unpaired) electrons. The van der Waals surface area contributed by atoms with Crippen LogP contribution in [-0.2, 0) is 6.42 Å². The first-order chi connectivity index (χ1) is 13.7. The quantitative estimate of drug-likeness (QED) is 0.660. The average molecular weight is 373 g/mol. The molecule has 0 aliphatic carbocycles. The summed E-state index contributed by atoms with van der Waals surface area (Å²) in [5.74, 6) is 0.995. The van der Waals surface area contributed by atoms with Gasteiger partial charge in [0.25, 0.3) is 5.91 Å². The first kappa shape index (κ1) is 18.9. The van der Waals surface area contributed by atoms with Crippen molar-refractivity contribution in [2.45, 2.75) is 6.42 Å². The third-order valence-corrected chi connectivity index (χ3v) is 3.99. The highest BCUT2D eigenvalue weighted by atomic mass is 16.5. The molecule has 0 aliphatic heterocycles. The lowest BCUT2D eigenvalue weighted by atomic mass is 10.1. The maximum Gasteiger partial charge on any atom is 0.271 e. The molecule has 1 heterocycles. The second-order valence-electron chi connectivity index (χ2n) is 5.98. The van der Waals surface area contributed by atoms with Gasteiger partial charge in [-0.05, 0) is 54.4 Å². The van der Waals surface area contributed by atoms with Gasteiger partial charge in [0.1, 0.15) is 5.75 Å². The number of carbonyl (C=O) groups is 1. The molecule has 0 aliphatic rings. The van der Waals surface area contributed by atoms with Crippen molar-refractivity contribution in [1.29, 1.82) is 5.26 Å². The summed E-state index contributed by atoms with van der Waals surface area (Å²) in [5.41, 5.74) is 2.58. The minimum absolute atomic E-state index is 0.238. The standard InChI is InChI=1S/C21H19N5O2/c1-28-18-7-3-4-15(13-18)10-11-23-21(27)19-8-9-20(26-25-19)24-17-6-2-5-16(12-17)14-22/h2-9,12-13H,10-11H2,1H3,(H,23,27)(H,24,26). The summed E-state index contributed by atoms with van der Waals surface area (Å²) in [6.45, 7) is 0.481. The van der Waals surface area contributed by atoms with Gasteiger partial charge in [0.15, 0.2) is 11.5 Å². The molecule has 0 saturated carbocycles. The SMILES string of the molecule is COc1cccc(CCNC(=O)c2ccc(Nc3cccc(C#N)c3)nn2)c1. The Morgan fingerprint density at radius 3 is 2.71 bits per heavy atom. The van der Waals surface area contributed by atoms with Gasteiger partial charge >= 0.3 is 0 Å². The number of anilines is 2. The van der Waals surface area contributed by atoms with Gasteiger partial charge in [-0.2, -0.15) is 5.26 Å². The lowest BCUT2D eigenvalue weighted by Crippen LogP contribution is -2.26. The maximum absolute atomic E-state index is 12.2. The number of carbonyl (C=O) groups excluding carboxylic acids is 1. The Balaban J connectivity index is 1.53. The zero-order valence-corrected chi connectivity index (χ0v) is 15.3. The molecule has 2 N–H and O–H groups in total. The Morgan fingerprint density at radius 1 is 1.11 bits per heavy atom. The molecule has 7 heteroatoms. The maximum atomic E-state index is 12.2. The number of ether oxygens (including phenoxy) is 1. The number of nitriles is 1. The summed E-state index contributed by atoms with van der Waals surface area (Å²) < 4.78 is 5.19. The normalized spacial score (nSPS) is 10.0. The smallest absolute Gasteiger partial charge is 0.271 e. The van der Waals surface area contributed by atoms with Gasteiger partial charge in [-0.3, -0.25) is 4.79 Å². The van der Waals surface area contributed by atoms with Crippen LogP contribution < -0.4 is 15.4 Å². The van der Waals surface area contributed by atoms with Crippen molar-refractivity contribution in [2.24, 2.45) is 0 Å². The Hall–Kier alpha value is -3.92. The van der Waals surface area contributed by atoms with E-state index in [0.29, 0.717) is 24.3 Å². The number of amides is 1. The molecule has 1 amide bonds. The largest absolute Gasteiger partial charge is 0.497 e. The van der Waals surface area contributed by atoms with Crippen molar-refractivity contribution in [3.63, 3.8) is 0 Å². The van der Waals surface area contributed by atoms with Crippen LogP contribution in [0, 0.1) is 11.3 Å². The summed E-state index contributed by atoms with van der Waals surface area (Å²) in [4.78, 5) is 12.2. The molecule has 1 aromatic heterocycles. The molecule has 0 unspecified atom stereocenters. The van der Waals surface area contributed by atoms with Gasteiger partial charge in [-0.1, -0.05) is 18.2 Å². The Labute approximate surface area is 163 Å². The summed E-state index contributed by atoms with van der Waals surface area (Å²) >= 11 is 0. The van der Waals surface area contributed by atoms with Crippen LogP contribution in [0.1, 0.15) is 21.6 Å². The molecule has 3 rings (SSSR count). The zero-order valence-electron chi connectivity index (χ0n) is 15.3. The highest BCUT2D eigenvalue weighted by Gasteiger charge is 2.08. The van der Waals surface area contributed by atoms with Crippen LogP contribution in [0.15, 0.2) is 60.7 Å². The minimum Gasteiger partial charge on any atom is -0.497 e. The number of benzene rings is 2. The number of hydrogen-bond acceptors (Lipinski definition) is 6. The summed E-state index contributed by atoms with van der Waals surface area (Å²) in [6, 6.07) is 20.1.